The second-order valence-electron chi connectivity index (χ2n) is 5.82. The van der Waals surface area contributed by atoms with Gasteiger partial charge in [-0.1, -0.05) is 27.2 Å². The Morgan fingerprint density at radius 1 is 1.47 bits per heavy atom. The van der Waals surface area contributed by atoms with Gasteiger partial charge in [0.25, 0.3) is 0 Å². The molecule has 0 radical (unpaired) electrons. The van der Waals surface area contributed by atoms with Gasteiger partial charge in [-0.05, 0) is 25.8 Å². The maximum atomic E-state index is 4.75. The lowest BCUT2D eigenvalue weighted by Gasteiger charge is -2.20. The first-order chi connectivity index (χ1) is 9.19. The van der Waals surface area contributed by atoms with Crippen molar-refractivity contribution in [3.8, 4) is 0 Å². The number of hydrogen-bond donors (Lipinski definition) is 1. The number of nitrogens with one attached hydrogen (secondary N) is 1. The zero-order valence-electron chi connectivity index (χ0n) is 12.5. The van der Waals surface area contributed by atoms with Crippen LogP contribution < -0.4 is 5.32 Å². The maximum Gasteiger partial charge on any atom is 0.107 e. The molecule has 0 aromatic carbocycles. The fraction of sp³-hybridized carbons (Fsp3) is 0.800. The van der Waals surface area contributed by atoms with Gasteiger partial charge in [-0.2, -0.15) is 0 Å². The van der Waals surface area contributed by atoms with Crippen LogP contribution in [0.15, 0.2) is 5.38 Å². The van der Waals surface area contributed by atoms with Crippen LogP contribution in [0.5, 0.6) is 0 Å². The average Bonchev–Trinajstić information content (AvgIpc) is 3.13. The van der Waals surface area contributed by atoms with Crippen molar-refractivity contribution < 1.29 is 0 Å². The molecule has 3 nitrogen and oxygen atoms in total. The van der Waals surface area contributed by atoms with E-state index < -0.39 is 0 Å². The molecule has 1 heterocycles. The predicted molar refractivity (Wildman–Crippen MR) is 82.4 cm³/mol. The molecular formula is C15H27N3S. The fourth-order valence-electron chi connectivity index (χ4n) is 2.19. The average molecular weight is 281 g/mol. The molecule has 108 valence electrons. The van der Waals surface area contributed by atoms with Gasteiger partial charge in [0.2, 0.25) is 0 Å². The Kier molecular flexibility index (Phi) is 5.79. The third kappa shape index (κ3) is 5.21. The summed E-state index contributed by atoms with van der Waals surface area (Å²) >= 11 is 1.79. The zero-order chi connectivity index (χ0) is 13.7. The molecular weight excluding hydrogens is 254 g/mol. The first-order valence-electron chi connectivity index (χ1n) is 7.59. The number of unbranched alkanes of at least 4 members (excludes halogenated alkanes) is 1. The van der Waals surface area contributed by atoms with Crippen molar-refractivity contribution in [1.29, 1.82) is 0 Å². The Hall–Kier alpha value is -0.450. The minimum absolute atomic E-state index is 0.528. The van der Waals surface area contributed by atoms with Crippen molar-refractivity contribution in [2.75, 3.05) is 6.54 Å². The molecule has 0 aliphatic heterocycles. The molecule has 19 heavy (non-hydrogen) atoms. The van der Waals surface area contributed by atoms with E-state index in [0.717, 1.165) is 19.1 Å². The quantitative estimate of drug-likeness (QED) is 0.752. The largest absolute Gasteiger partial charge is 0.308 e. The summed E-state index contributed by atoms with van der Waals surface area (Å²) < 4.78 is 0. The predicted octanol–water partition coefficient (Wildman–Crippen LogP) is 3.41. The summed E-state index contributed by atoms with van der Waals surface area (Å²) in [5.74, 6) is 0. The minimum Gasteiger partial charge on any atom is -0.308 e. The highest BCUT2D eigenvalue weighted by molar-refractivity contribution is 7.09. The smallest absolute Gasteiger partial charge is 0.107 e. The van der Waals surface area contributed by atoms with E-state index in [1.165, 1.54) is 42.9 Å². The zero-order valence-corrected chi connectivity index (χ0v) is 13.3. The van der Waals surface area contributed by atoms with E-state index in [2.05, 4.69) is 36.4 Å². The molecule has 2 rings (SSSR count). The standard InChI is InChI=1S/C15H27N3S/c1-4-5-8-18(14-6-7-14)10-13-11-19-15(17-13)9-16-12(2)3/h11-12,14,16H,4-10H2,1-3H3. The van der Waals surface area contributed by atoms with E-state index in [4.69, 9.17) is 4.98 Å². The van der Waals surface area contributed by atoms with Gasteiger partial charge < -0.3 is 5.32 Å². The summed E-state index contributed by atoms with van der Waals surface area (Å²) in [4.78, 5) is 7.38. The van der Waals surface area contributed by atoms with Crippen LogP contribution in [0.4, 0.5) is 0 Å². The van der Waals surface area contributed by atoms with Gasteiger partial charge in [-0.3, -0.25) is 4.90 Å². The molecule has 1 aliphatic rings. The van der Waals surface area contributed by atoms with Gasteiger partial charge in [0.15, 0.2) is 0 Å². The summed E-state index contributed by atoms with van der Waals surface area (Å²) in [5.41, 5.74) is 1.26. The molecule has 1 aromatic heterocycles. The Bertz CT molecular complexity index is 371. The van der Waals surface area contributed by atoms with Crippen LogP contribution in [0.25, 0.3) is 0 Å². The van der Waals surface area contributed by atoms with Crippen LogP contribution in [0.3, 0.4) is 0 Å². The van der Waals surface area contributed by atoms with E-state index in [1.54, 1.807) is 11.3 Å². The lowest BCUT2D eigenvalue weighted by molar-refractivity contribution is 0.248. The summed E-state index contributed by atoms with van der Waals surface area (Å²) in [6.07, 6.45) is 5.36. The van der Waals surface area contributed by atoms with Crippen molar-refractivity contribution in [2.45, 2.75) is 71.6 Å². The lowest BCUT2D eigenvalue weighted by atomic mass is 10.3. The summed E-state index contributed by atoms with van der Waals surface area (Å²) in [6, 6.07) is 1.37. The summed E-state index contributed by atoms with van der Waals surface area (Å²) in [7, 11) is 0. The molecule has 0 saturated heterocycles. The van der Waals surface area contributed by atoms with E-state index in [-0.39, 0.29) is 0 Å². The van der Waals surface area contributed by atoms with E-state index >= 15 is 0 Å². The van der Waals surface area contributed by atoms with Crippen molar-refractivity contribution in [3.05, 3.63) is 16.1 Å². The van der Waals surface area contributed by atoms with E-state index in [9.17, 15) is 0 Å². The minimum atomic E-state index is 0.528. The number of aromatic nitrogens is 1. The van der Waals surface area contributed by atoms with Crippen LogP contribution >= 0.6 is 11.3 Å². The first kappa shape index (κ1) is 14.9. The Balaban J connectivity index is 1.83. The van der Waals surface area contributed by atoms with E-state index in [0.29, 0.717) is 6.04 Å². The van der Waals surface area contributed by atoms with E-state index in [1.807, 2.05) is 0 Å². The van der Waals surface area contributed by atoms with Crippen LogP contribution in [-0.4, -0.2) is 28.5 Å². The second kappa shape index (κ2) is 7.36. The third-order valence-corrected chi connectivity index (χ3v) is 4.39. The molecule has 0 bridgehead atoms. The summed E-state index contributed by atoms with van der Waals surface area (Å²) in [6.45, 7) is 9.80. The van der Waals surface area contributed by atoms with Gasteiger partial charge >= 0.3 is 0 Å². The van der Waals surface area contributed by atoms with Gasteiger partial charge in [-0.25, -0.2) is 4.98 Å². The van der Waals surface area contributed by atoms with Gasteiger partial charge in [0.05, 0.1) is 5.69 Å². The molecule has 1 aliphatic carbocycles. The Morgan fingerprint density at radius 3 is 2.89 bits per heavy atom. The van der Waals surface area contributed by atoms with Gasteiger partial charge in [0, 0.05) is 30.6 Å². The molecule has 0 unspecified atom stereocenters. The van der Waals surface area contributed by atoms with Crippen molar-refractivity contribution in [1.82, 2.24) is 15.2 Å². The van der Waals surface area contributed by atoms with Crippen molar-refractivity contribution >= 4 is 11.3 Å². The molecule has 0 amide bonds. The van der Waals surface area contributed by atoms with Crippen LogP contribution in [0.2, 0.25) is 0 Å². The topological polar surface area (TPSA) is 28.2 Å². The molecule has 0 atom stereocenters. The van der Waals surface area contributed by atoms with Crippen LogP contribution in [0.1, 0.15) is 57.2 Å². The lowest BCUT2D eigenvalue weighted by Crippen LogP contribution is -2.27. The molecule has 1 aromatic rings. The molecule has 4 heteroatoms. The fourth-order valence-corrected chi connectivity index (χ4v) is 2.93. The maximum absolute atomic E-state index is 4.75. The molecule has 1 saturated carbocycles. The number of nitrogens with zero attached hydrogens (tertiary/aromatic N) is 2. The SMILES string of the molecule is CCCCN(Cc1csc(CNC(C)C)n1)C1CC1. The highest BCUT2D eigenvalue weighted by Gasteiger charge is 2.28. The third-order valence-electron chi connectivity index (χ3n) is 3.49. The monoisotopic (exact) mass is 281 g/mol. The van der Waals surface area contributed by atoms with Gasteiger partial charge in [-0.15, -0.1) is 11.3 Å². The first-order valence-corrected chi connectivity index (χ1v) is 8.47. The number of thiazole rings is 1. The Labute approximate surface area is 121 Å². The van der Waals surface area contributed by atoms with Crippen molar-refractivity contribution in [2.24, 2.45) is 0 Å². The highest BCUT2D eigenvalue weighted by atomic mass is 32.1. The van der Waals surface area contributed by atoms with Crippen LogP contribution in [-0.2, 0) is 13.1 Å². The number of hydrogen-bond acceptors (Lipinski definition) is 4. The molecule has 1 fully saturated rings. The highest BCUT2D eigenvalue weighted by Crippen LogP contribution is 2.28. The second-order valence-corrected chi connectivity index (χ2v) is 6.77. The van der Waals surface area contributed by atoms with Gasteiger partial charge in [0.1, 0.15) is 5.01 Å². The Morgan fingerprint density at radius 2 is 2.26 bits per heavy atom. The van der Waals surface area contributed by atoms with Crippen molar-refractivity contribution in [3.63, 3.8) is 0 Å². The van der Waals surface area contributed by atoms with Crippen LogP contribution in [0, 0.1) is 0 Å². The molecule has 0 spiro atoms. The molecule has 1 N–H and O–H groups in total. The summed E-state index contributed by atoms with van der Waals surface area (Å²) in [5, 5.41) is 6.88. The normalized spacial score (nSPS) is 15.6. The number of rotatable bonds is 9.